The number of hydrogen-bond acceptors (Lipinski definition) is 7. The molecule has 2 N–H and O–H groups in total. The summed E-state index contributed by atoms with van der Waals surface area (Å²) in [5, 5.41) is 19.9. The van der Waals surface area contributed by atoms with E-state index in [1.807, 2.05) is 5.38 Å². The molecule has 0 radical (unpaired) electrons. The molecule has 0 fully saturated rings. The van der Waals surface area contributed by atoms with Crippen LogP contribution in [0.3, 0.4) is 0 Å². The molecule has 0 aromatic carbocycles. The monoisotopic (exact) mass is 304 g/mol. The number of hydrogen-bond donors (Lipinski definition) is 2. The molecule has 0 saturated heterocycles. The van der Waals surface area contributed by atoms with Crippen molar-refractivity contribution in [2.45, 2.75) is 6.54 Å². The molecule has 0 unspecified atom stereocenters. The Bertz CT molecular complexity index is 796. The standard InChI is InChI=1S/C12H12N6O2S/c1-13-12-15-8(7-21-12)6-14-10-11(18(19)20)17-5-3-2-4-9(17)16-10/h2-5,7,14H,6H2,1H3,(H,13,15). The third kappa shape index (κ3) is 2.50. The zero-order chi connectivity index (χ0) is 14.8. The summed E-state index contributed by atoms with van der Waals surface area (Å²) in [6.45, 7) is 0.378. The fourth-order valence-corrected chi connectivity index (χ4v) is 2.62. The lowest BCUT2D eigenvalue weighted by Crippen LogP contribution is -2.03. The summed E-state index contributed by atoms with van der Waals surface area (Å²) in [6.07, 6.45) is 1.62. The lowest BCUT2D eigenvalue weighted by Gasteiger charge is -2.00. The maximum absolute atomic E-state index is 11.2. The van der Waals surface area contributed by atoms with E-state index in [0.717, 1.165) is 10.8 Å². The number of pyridine rings is 1. The largest absolute Gasteiger partial charge is 0.372 e. The van der Waals surface area contributed by atoms with Crippen LogP contribution in [0.2, 0.25) is 0 Å². The van der Waals surface area contributed by atoms with Gasteiger partial charge in [0.25, 0.3) is 0 Å². The van der Waals surface area contributed by atoms with Crippen LogP contribution in [0.1, 0.15) is 5.69 Å². The Morgan fingerprint density at radius 2 is 2.29 bits per heavy atom. The van der Waals surface area contributed by atoms with E-state index < -0.39 is 4.92 Å². The second-order valence-electron chi connectivity index (χ2n) is 4.22. The number of nitro groups is 1. The van der Waals surface area contributed by atoms with Crippen LogP contribution >= 0.6 is 11.3 Å². The van der Waals surface area contributed by atoms with Gasteiger partial charge in [-0.05, 0) is 11.0 Å². The maximum Gasteiger partial charge on any atom is 0.372 e. The Kier molecular flexibility index (Phi) is 3.40. The third-order valence-corrected chi connectivity index (χ3v) is 3.79. The Hall–Kier alpha value is -2.68. The molecule has 0 bridgehead atoms. The number of thiazole rings is 1. The summed E-state index contributed by atoms with van der Waals surface area (Å²) in [5.74, 6) is 0.167. The number of nitrogens with one attached hydrogen (secondary N) is 2. The van der Waals surface area contributed by atoms with Crippen molar-refractivity contribution in [2.24, 2.45) is 0 Å². The molecule has 21 heavy (non-hydrogen) atoms. The van der Waals surface area contributed by atoms with Gasteiger partial charge in [0.05, 0.1) is 18.4 Å². The van der Waals surface area contributed by atoms with Crippen LogP contribution in [0, 0.1) is 10.1 Å². The van der Waals surface area contributed by atoms with Gasteiger partial charge in [-0.25, -0.2) is 4.98 Å². The second kappa shape index (κ2) is 5.37. The van der Waals surface area contributed by atoms with Crippen LogP contribution in [0.4, 0.5) is 16.8 Å². The topological polar surface area (TPSA) is 97.4 Å². The van der Waals surface area contributed by atoms with Crippen LogP contribution in [0.25, 0.3) is 5.65 Å². The van der Waals surface area contributed by atoms with Gasteiger partial charge in [0, 0.05) is 18.5 Å². The molecule has 3 rings (SSSR count). The number of aromatic nitrogens is 3. The quantitative estimate of drug-likeness (QED) is 0.554. The Labute approximate surface area is 123 Å². The Morgan fingerprint density at radius 1 is 1.43 bits per heavy atom. The molecule has 0 saturated carbocycles. The van der Waals surface area contributed by atoms with Crippen molar-refractivity contribution in [1.82, 2.24) is 14.4 Å². The normalized spacial score (nSPS) is 10.7. The van der Waals surface area contributed by atoms with E-state index in [2.05, 4.69) is 20.6 Å². The molecule has 9 heteroatoms. The predicted octanol–water partition coefficient (Wildman–Crippen LogP) is 2.35. The van der Waals surface area contributed by atoms with Crippen molar-refractivity contribution in [2.75, 3.05) is 17.7 Å². The van der Waals surface area contributed by atoms with Crippen molar-refractivity contribution >= 4 is 33.8 Å². The van der Waals surface area contributed by atoms with Crippen LogP contribution in [0.5, 0.6) is 0 Å². The minimum atomic E-state index is -0.442. The van der Waals surface area contributed by atoms with Gasteiger partial charge in [-0.1, -0.05) is 6.07 Å². The number of fused-ring (bicyclic) bond motifs is 1. The summed E-state index contributed by atoms with van der Waals surface area (Å²) < 4.78 is 1.45. The third-order valence-electron chi connectivity index (χ3n) is 2.88. The van der Waals surface area contributed by atoms with Crippen LogP contribution in [-0.2, 0) is 6.54 Å². The SMILES string of the molecule is CNc1nc(CNc2nc3ccccn3c2[N+](=O)[O-])cs1. The van der Waals surface area contributed by atoms with Gasteiger partial charge in [-0.15, -0.1) is 11.3 Å². The second-order valence-corrected chi connectivity index (χ2v) is 5.08. The molecule has 0 spiro atoms. The summed E-state index contributed by atoms with van der Waals surface area (Å²) in [7, 11) is 1.79. The van der Waals surface area contributed by atoms with Gasteiger partial charge in [0.15, 0.2) is 5.13 Å². The molecule has 3 aromatic rings. The Balaban J connectivity index is 1.89. The maximum atomic E-state index is 11.2. The lowest BCUT2D eigenvalue weighted by atomic mass is 10.4. The molecule has 8 nitrogen and oxygen atoms in total. The van der Waals surface area contributed by atoms with Gasteiger partial charge in [-0.3, -0.25) is 0 Å². The van der Waals surface area contributed by atoms with E-state index in [4.69, 9.17) is 0 Å². The highest BCUT2D eigenvalue weighted by Crippen LogP contribution is 2.26. The van der Waals surface area contributed by atoms with E-state index in [1.54, 1.807) is 31.4 Å². The smallest absolute Gasteiger partial charge is 0.365 e. The lowest BCUT2D eigenvalue weighted by molar-refractivity contribution is -0.389. The first kappa shape index (κ1) is 13.3. The zero-order valence-electron chi connectivity index (χ0n) is 11.1. The minimum Gasteiger partial charge on any atom is -0.365 e. The minimum absolute atomic E-state index is 0.0744. The highest BCUT2D eigenvalue weighted by atomic mass is 32.1. The van der Waals surface area contributed by atoms with Gasteiger partial charge in [0.1, 0.15) is 0 Å². The first-order valence-electron chi connectivity index (χ1n) is 6.16. The van der Waals surface area contributed by atoms with E-state index in [0.29, 0.717) is 12.2 Å². The van der Waals surface area contributed by atoms with E-state index in [1.165, 1.54) is 15.7 Å². The number of anilines is 2. The molecule has 0 amide bonds. The first-order valence-corrected chi connectivity index (χ1v) is 7.04. The molecule has 0 aliphatic carbocycles. The summed E-state index contributed by atoms with van der Waals surface area (Å²) in [6, 6.07) is 5.24. The molecule has 3 heterocycles. The molecular weight excluding hydrogens is 292 g/mol. The van der Waals surface area contributed by atoms with Crippen molar-refractivity contribution in [3.63, 3.8) is 0 Å². The van der Waals surface area contributed by atoms with E-state index >= 15 is 0 Å². The summed E-state index contributed by atoms with van der Waals surface area (Å²) >= 11 is 1.48. The van der Waals surface area contributed by atoms with Crippen molar-refractivity contribution in [3.05, 3.63) is 45.6 Å². The fourth-order valence-electron chi connectivity index (χ4n) is 1.95. The van der Waals surface area contributed by atoms with Crippen LogP contribution in [0.15, 0.2) is 29.8 Å². The molecule has 0 atom stereocenters. The average molecular weight is 304 g/mol. The van der Waals surface area contributed by atoms with Gasteiger partial charge >= 0.3 is 5.82 Å². The Morgan fingerprint density at radius 3 is 3.00 bits per heavy atom. The number of nitrogens with zero attached hydrogens (tertiary/aromatic N) is 4. The molecule has 108 valence electrons. The zero-order valence-corrected chi connectivity index (χ0v) is 11.9. The van der Waals surface area contributed by atoms with Crippen molar-refractivity contribution in [1.29, 1.82) is 0 Å². The van der Waals surface area contributed by atoms with E-state index in [9.17, 15) is 10.1 Å². The van der Waals surface area contributed by atoms with Crippen LogP contribution < -0.4 is 10.6 Å². The summed E-state index contributed by atoms with van der Waals surface area (Å²) in [5.41, 5.74) is 1.33. The average Bonchev–Trinajstić information content (AvgIpc) is 3.08. The molecule has 0 aliphatic rings. The highest BCUT2D eigenvalue weighted by molar-refractivity contribution is 7.13. The van der Waals surface area contributed by atoms with Gasteiger partial charge in [-0.2, -0.15) is 9.38 Å². The van der Waals surface area contributed by atoms with Crippen molar-refractivity contribution < 1.29 is 4.92 Å². The molecule has 3 aromatic heterocycles. The molecule has 0 aliphatic heterocycles. The summed E-state index contributed by atoms with van der Waals surface area (Å²) in [4.78, 5) is 19.4. The van der Waals surface area contributed by atoms with Gasteiger partial charge in [0.2, 0.25) is 11.5 Å². The van der Waals surface area contributed by atoms with Gasteiger partial charge < -0.3 is 20.7 Å². The first-order chi connectivity index (χ1) is 10.2. The van der Waals surface area contributed by atoms with E-state index in [-0.39, 0.29) is 11.6 Å². The number of imidazole rings is 1. The molecular formula is C12H12N6O2S. The highest BCUT2D eigenvalue weighted by Gasteiger charge is 2.22. The fraction of sp³-hybridized carbons (Fsp3) is 0.167. The van der Waals surface area contributed by atoms with Crippen LogP contribution in [-0.4, -0.2) is 26.3 Å². The van der Waals surface area contributed by atoms with Crippen molar-refractivity contribution in [3.8, 4) is 0 Å². The predicted molar refractivity (Wildman–Crippen MR) is 80.8 cm³/mol. The number of rotatable bonds is 5.